The van der Waals surface area contributed by atoms with E-state index in [1.807, 2.05) is 13.2 Å². The Bertz CT molecular complexity index is 480. The molecule has 3 nitrogen and oxygen atoms in total. The van der Waals surface area contributed by atoms with E-state index in [-0.39, 0.29) is 0 Å². The topological polar surface area (TPSA) is 29.9 Å². The summed E-state index contributed by atoms with van der Waals surface area (Å²) >= 11 is 0. The van der Waals surface area contributed by atoms with E-state index in [0.717, 1.165) is 13.1 Å². The highest BCUT2D eigenvalue weighted by Crippen LogP contribution is 2.15. The van der Waals surface area contributed by atoms with Crippen molar-refractivity contribution < 1.29 is 0 Å². The molecule has 0 aliphatic carbocycles. The van der Waals surface area contributed by atoms with Crippen LogP contribution in [0.25, 0.3) is 0 Å². The van der Waals surface area contributed by atoms with Gasteiger partial charge in [0.15, 0.2) is 0 Å². The van der Waals surface area contributed by atoms with Crippen molar-refractivity contribution in [1.82, 2.24) is 15.1 Å². The Kier molecular flexibility index (Phi) is 3.59. The number of aryl methyl sites for hydroxylation is 2. The summed E-state index contributed by atoms with van der Waals surface area (Å²) < 4.78 is 2.06. The second kappa shape index (κ2) is 5.15. The lowest BCUT2D eigenvalue weighted by Gasteiger charge is -2.12. The minimum absolute atomic E-state index is 0.850. The minimum Gasteiger partial charge on any atom is -0.314 e. The summed E-state index contributed by atoms with van der Waals surface area (Å²) in [6, 6.07) is 8.48. The Morgan fingerprint density at radius 1 is 1.18 bits per heavy atom. The van der Waals surface area contributed by atoms with Gasteiger partial charge in [0.2, 0.25) is 0 Å². The molecule has 2 rings (SSSR count). The number of benzene rings is 1. The molecule has 0 saturated carbocycles. The number of aromatic nitrogens is 2. The zero-order chi connectivity index (χ0) is 12.3. The van der Waals surface area contributed by atoms with Crippen LogP contribution in [0.4, 0.5) is 0 Å². The van der Waals surface area contributed by atoms with Crippen LogP contribution in [0.15, 0.2) is 30.5 Å². The summed E-state index contributed by atoms with van der Waals surface area (Å²) in [7, 11) is 1.95. The molecule has 90 valence electrons. The molecule has 0 bridgehead atoms. The average molecular weight is 229 g/mol. The third kappa shape index (κ3) is 2.56. The third-order valence-corrected chi connectivity index (χ3v) is 3.11. The Balaban J connectivity index is 2.28. The molecule has 0 aliphatic heterocycles. The summed E-state index contributed by atoms with van der Waals surface area (Å²) in [6.07, 6.45) is 1.86. The number of nitrogens with zero attached hydrogens (tertiary/aromatic N) is 2. The van der Waals surface area contributed by atoms with Crippen molar-refractivity contribution in [3.05, 3.63) is 52.8 Å². The predicted molar refractivity (Wildman–Crippen MR) is 70.0 cm³/mol. The van der Waals surface area contributed by atoms with Crippen molar-refractivity contribution in [3.63, 3.8) is 0 Å². The van der Waals surface area contributed by atoms with Crippen molar-refractivity contribution in [2.75, 3.05) is 7.05 Å². The van der Waals surface area contributed by atoms with Gasteiger partial charge in [0.1, 0.15) is 0 Å². The van der Waals surface area contributed by atoms with Gasteiger partial charge in [-0.1, -0.05) is 18.2 Å². The van der Waals surface area contributed by atoms with E-state index in [9.17, 15) is 0 Å². The summed E-state index contributed by atoms with van der Waals surface area (Å²) in [5.74, 6) is 0. The maximum Gasteiger partial charge on any atom is 0.0668 e. The fourth-order valence-electron chi connectivity index (χ4n) is 2.08. The van der Waals surface area contributed by atoms with Gasteiger partial charge in [-0.3, -0.25) is 4.68 Å². The van der Waals surface area contributed by atoms with E-state index in [2.05, 4.69) is 53.2 Å². The highest BCUT2D eigenvalue weighted by molar-refractivity contribution is 5.33. The fourth-order valence-corrected chi connectivity index (χ4v) is 2.08. The lowest BCUT2D eigenvalue weighted by molar-refractivity contribution is 0.619. The van der Waals surface area contributed by atoms with Crippen molar-refractivity contribution in [2.45, 2.75) is 26.9 Å². The molecule has 1 aromatic heterocycles. The first kappa shape index (κ1) is 11.9. The van der Waals surface area contributed by atoms with Crippen molar-refractivity contribution in [3.8, 4) is 0 Å². The molecule has 0 amide bonds. The summed E-state index contributed by atoms with van der Waals surface area (Å²) in [6.45, 7) is 6.01. The van der Waals surface area contributed by atoms with Crippen LogP contribution in [0.5, 0.6) is 0 Å². The monoisotopic (exact) mass is 229 g/mol. The minimum atomic E-state index is 0.850. The fraction of sp³-hybridized carbons (Fsp3) is 0.357. The highest BCUT2D eigenvalue weighted by Gasteiger charge is 2.06. The van der Waals surface area contributed by atoms with Crippen molar-refractivity contribution in [2.24, 2.45) is 0 Å². The first-order chi connectivity index (χ1) is 8.22. The van der Waals surface area contributed by atoms with Crippen LogP contribution in [-0.2, 0) is 13.1 Å². The molecule has 1 aromatic carbocycles. The molecule has 0 atom stereocenters. The second-order valence-corrected chi connectivity index (χ2v) is 4.38. The van der Waals surface area contributed by atoms with Crippen LogP contribution in [0.2, 0.25) is 0 Å². The molecular weight excluding hydrogens is 210 g/mol. The lowest BCUT2D eigenvalue weighted by atomic mass is 10.0. The molecule has 0 aliphatic rings. The first-order valence-corrected chi connectivity index (χ1v) is 5.92. The summed E-state index contributed by atoms with van der Waals surface area (Å²) in [4.78, 5) is 0. The maximum absolute atomic E-state index is 4.39. The summed E-state index contributed by atoms with van der Waals surface area (Å²) in [5.41, 5.74) is 5.25. The number of rotatable bonds is 4. The molecule has 2 aromatic rings. The quantitative estimate of drug-likeness (QED) is 0.871. The molecule has 1 N–H and O–H groups in total. The molecule has 3 heteroatoms. The highest BCUT2D eigenvalue weighted by atomic mass is 15.3. The lowest BCUT2D eigenvalue weighted by Crippen LogP contribution is -2.14. The Morgan fingerprint density at radius 2 is 1.88 bits per heavy atom. The standard InChI is InChI=1S/C14H19N3/c1-11-5-4-6-12(2)14(11)10-17-13(9-15-3)7-8-16-17/h4-8,15H,9-10H2,1-3H3. The molecule has 1 heterocycles. The molecule has 0 radical (unpaired) electrons. The predicted octanol–water partition coefficient (Wildman–Crippen LogP) is 2.27. The Morgan fingerprint density at radius 3 is 2.53 bits per heavy atom. The molecule has 0 spiro atoms. The van der Waals surface area contributed by atoms with E-state index < -0.39 is 0 Å². The van der Waals surface area contributed by atoms with Gasteiger partial charge in [-0.2, -0.15) is 5.10 Å². The maximum atomic E-state index is 4.39. The van der Waals surface area contributed by atoms with E-state index in [4.69, 9.17) is 0 Å². The zero-order valence-electron chi connectivity index (χ0n) is 10.7. The van der Waals surface area contributed by atoms with E-state index in [1.165, 1.54) is 22.4 Å². The van der Waals surface area contributed by atoms with Gasteiger partial charge < -0.3 is 5.32 Å². The molecule has 0 fully saturated rings. The van der Waals surface area contributed by atoms with Crippen LogP contribution in [0.1, 0.15) is 22.4 Å². The Labute approximate surface area is 102 Å². The van der Waals surface area contributed by atoms with Crippen LogP contribution < -0.4 is 5.32 Å². The first-order valence-electron chi connectivity index (χ1n) is 5.92. The van der Waals surface area contributed by atoms with E-state index in [1.54, 1.807) is 0 Å². The van der Waals surface area contributed by atoms with Crippen LogP contribution in [0, 0.1) is 13.8 Å². The largest absolute Gasteiger partial charge is 0.314 e. The molecule has 17 heavy (non-hydrogen) atoms. The Hall–Kier alpha value is -1.61. The van der Waals surface area contributed by atoms with Crippen LogP contribution in [0.3, 0.4) is 0 Å². The molecule has 0 unspecified atom stereocenters. The van der Waals surface area contributed by atoms with Crippen molar-refractivity contribution >= 4 is 0 Å². The van der Waals surface area contributed by atoms with Gasteiger partial charge in [-0.05, 0) is 43.7 Å². The van der Waals surface area contributed by atoms with E-state index in [0.29, 0.717) is 0 Å². The number of nitrogens with one attached hydrogen (secondary N) is 1. The van der Waals surface area contributed by atoms with Gasteiger partial charge in [0, 0.05) is 12.7 Å². The SMILES string of the molecule is CNCc1ccnn1Cc1c(C)cccc1C. The smallest absolute Gasteiger partial charge is 0.0668 e. The molecule has 0 saturated heterocycles. The van der Waals surface area contributed by atoms with E-state index >= 15 is 0 Å². The number of hydrogen-bond donors (Lipinski definition) is 1. The van der Waals surface area contributed by atoms with Gasteiger partial charge >= 0.3 is 0 Å². The van der Waals surface area contributed by atoms with Crippen LogP contribution in [-0.4, -0.2) is 16.8 Å². The van der Waals surface area contributed by atoms with Gasteiger partial charge in [0.05, 0.1) is 12.2 Å². The normalized spacial score (nSPS) is 10.8. The third-order valence-electron chi connectivity index (χ3n) is 3.11. The summed E-state index contributed by atoms with van der Waals surface area (Å²) in [5, 5.41) is 7.55. The van der Waals surface area contributed by atoms with Gasteiger partial charge in [-0.25, -0.2) is 0 Å². The molecular formula is C14H19N3. The second-order valence-electron chi connectivity index (χ2n) is 4.38. The average Bonchev–Trinajstić information content (AvgIpc) is 2.72. The number of hydrogen-bond acceptors (Lipinski definition) is 2. The van der Waals surface area contributed by atoms with Gasteiger partial charge in [-0.15, -0.1) is 0 Å². The van der Waals surface area contributed by atoms with Crippen molar-refractivity contribution in [1.29, 1.82) is 0 Å². The zero-order valence-corrected chi connectivity index (χ0v) is 10.7. The van der Waals surface area contributed by atoms with Crippen LogP contribution >= 0.6 is 0 Å². The van der Waals surface area contributed by atoms with Gasteiger partial charge in [0.25, 0.3) is 0 Å².